The van der Waals surface area contributed by atoms with Crippen LogP contribution in [0, 0.1) is 5.82 Å². The van der Waals surface area contributed by atoms with E-state index in [4.69, 9.17) is 14.7 Å². The maximum atomic E-state index is 13.0. The molecule has 0 bridgehead atoms. The maximum Gasteiger partial charge on any atom is 0.219 e. The molecule has 4 rings (SSSR count). The number of anilines is 1. The third kappa shape index (κ3) is 5.31. The average molecular weight is 428 g/mol. The lowest BCUT2D eigenvalue weighted by atomic mass is 9.96. The zero-order valence-electron chi connectivity index (χ0n) is 18.2. The summed E-state index contributed by atoms with van der Waals surface area (Å²) in [4.78, 5) is 25.9. The van der Waals surface area contributed by atoms with Crippen LogP contribution in [0.15, 0.2) is 24.3 Å². The number of likely N-dealkylation sites (N-methyl/N-ethyl adjacent to an activating group) is 1. The van der Waals surface area contributed by atoms with E-state index in [1.54, 1.807) is 19.1 Å². The van der Waals surface area contributed by atoms with Crippen LogP contribution >= 0.6 is 0 Å². The summed E-state index contributed by atoms with van der Waals surface area (Å²) in [6, 6.07) is 6.00. The number of hydrogen-bond donors (Lipinski definition) is 1. The lowest BCUT2D eigenvalue weighted by Crippen LogP contribution is -2.36. The van der Waals surface area contributed by atoms with Gasteiger partial charge in [0, 0.05) is 37.9 Å². The number of carbonyl (C=O) groups excluding carboxylic acids is 1. The van der Waals surface area contributed by atoms with Crippen molar-refractivity contribution in [3.8, 4) is 5.75 Å². The number of halogens is 1. The van der Waals surface area contributed by atoms with Gasteiger partial charge in [0.1, 0.15) is 29.8 Å². The first-order valence-corrected chi connectivity index (χ1v) is 11.0. The third-order valence-corrected chi connectivity index (χ3v) is 5.99. The second-order valence-corrected chi connectivity index (χ2v) is 8.38. The highest BCUT2D eigenvalue weighted by Gasteiger charge is 2.27. The fourth-order valence-corrected chi connectivity index (χ4v) is 4.28. The molecule has 1 saturated heterocycles. The molecule has 2 aliphatic rings. The molecule has 0 spiro atoms. The molecule has 1 N–H and O–H groups in total. The van der Waals surface area contributed by atoms with Gasteiger partial charge >= 0.3 is 0 Å². The summed E-state index contributed by atoms with van der Waals surface area (Å²) in [7, 11) is 2.14. The van der Waals surface area contributed by atoms with Crippen molar-refractivity contribution >= 4 is 11.7 Å². The largest absolute Gasteiger partial charge is 0.492 e. The SMILES string of the molecule is CC(=O)N1CCc2nc([C@H]3CCCN(C)C3)nc(NCCOc3ccc(F)cc3)c2C1. The topological polar surface area (TPSA) is 70.6 Å². The number of benzene rings is 1. The number of ether oxygens (including phenoxy) is 1. The van der Waals surface area contributed by atoms with E-state index >= 15 is 0 Å². The quantitative estimate of drug-likeness (QED) is 0.715. The van der Waals surface area contributed by atoms with Gasteiger partial charge in [-0.15, -0.1) is 0 Å². The van der Waals surface area contributed by atoms with Crippen molar-refractivity contribution in [3.63, 3.8) is 0 Å². The van der Waals surface area contributed by atoms with Gasteiger partial charge in [-0.05, 0) is 50.7 Å². The van der Waals surface area contributed by atoms with E-state index in [0.29, 0.717) is 37.9 Å². The van der Waals surface area contributed by atoms with Gasteiger partial charge in [-0.25, -0.2) is 14.4 Å². The van der Waals surface area contributed by atoms with Crippen LogP contribution in [-0.2, 0) is 17.8 Å². The molecule has 0 unspecified atom stereocenters. The number of rotatable bonds is 6. The highest BCUT2D eigenvalue weighted by molar-refractivity contribution is 5.74. The van der Waals surface area contributed by atoms with Crippen molar-refractivity contribution in [1.82, 2.24) is 19.8 Å². The Morgan fingerprint density at radius 1 is 1.26 bits per heavy atom. The van der Waals surface area contributed by atoms with E-state index in [2.05, 4.69) is 17.3 Å². The first kappa shape index (κ1) is 21.5. The molecule has 1 aromatic carbocycles. The Bertz CT molecular complexity index is 921. The number of fused-ring (bicyclic) bond motifs is 1. The molecule has 0 aliphatic carbocycles. The number of likely N-dealkylation sites (tertiary alicyclic amines) is 1. The summed E-state index contributed by atoms with van der Waals surface area (Å²) >= 11 is 0. The van der Waals surface area contributed by atoms with Gasteiger partial charge in [0.25, 0.3) is 0 Å². The number of hydrogen-bond acceptors (Lipinski definition) is 6. The van der Waals surface area contributed by atoms with Crippen molar-refractivity contribution in [1.29, 1.82) is 0 Å². The van der Waals surface area contributed by atoms with Crippen molar-refractivity contribution in [3.05, 3.63) is 47.2 Å². The molecular weight excluding hydrogens is 397 g/mol. The van der Waals surface area contributed by atoms with Crippen LogP contribution in [0.25, 0.3) is 0 Å². The molecule has 31 heavy (non-hydrogen) atoms. The Labute approximate surface area is 182 Å². The molecule has 0 radical (unpaired) electrons. The molecule has 1 amide bonds. The second kappa shape index (κ2) is 9.60. The van der Waals surface area contributed by atoms with Gasteiger partial charge in [-0.3, -0.25) is 4.79 Å². The summed E-state index contributed by atoms with van der Waals surface area (Å²) in [5.74, 6) is 2.42. The van der Waals surface area contributed by atoms with Gasteiger partial charge < -0.3 is 19.9 Å². The van der Waals surface area contributed by atoms with Gasteiger partial charge in [0.2, 0.25) is 5.91 Å². The Morgan fingerprint density at radius 3 is 2.81 bits per heavy atom. The van der Waals surface area contributed by atoms with E-state index < -0.39 is 0 Å². The fraction of sp³-hybridized carbons (Fsp3) is 0.522. The van der Waals surface area contributed by atoms with Crippen LogP contribution in [0.5, 0.6) is 5.75 Å². The molecule has 1 aromatic heterocycles. The summed E-state index contributed by atoms with van der Waals surface area (Å²) in [5, 5.41) is 3.40. The van der Waals surface area contributed by atoms with Gasteiger partial charge in [-0.1, -0.05) is 0 Å². The zero-order chi connectivity index (χ0) is 21.8. The molecule has 2 aliphatic heterocycles. The van der Waals surface area contributed by atoms with Crippen LogP contribution in [-0.4, -0.2) is 65.5 Å². The summed E-state index contributed by atoms with van der Waals surface area (Å²) in [5.41, 5.74) is 2.04. The van der Waals surface area contributed by atoms with E-state index in [-0.39, 0.29) is 11.7 Å². The van der Waals surface area contributed by atoms with Crippen LogP contribution < -0.4 is 10.1 Å². The van der Waals surface area contributed by atoms with Gasteiger partial charge in [0.05, 0.1) is 18.8 Å². The normalized spacial score (nSPS) is 19.1. The molecule has 8 heteroatoms. The standard InChI is InChI=1S/C23H30FN5O2/c1-16(30)29-12-9-21-20(15-29)23(25-10-13-31-19-7-5-18(24)6-8-19)27-22(26-21)17-4-3-11-28(2)14-17/h5-8,17H,3-4,9-15H2,1-2H3,(H,25,26,27)/t17-/m0/s1. The van der Waals surface area contributed by atoms with E-state index in [0.717, 1.165) is 55.3 Å². The monoisotopic (exact) mass is 427 g/mol. The molecule has 3 heterocycles. The summed E-state index contributed by atoms with van der Waals surface area (Å²) < 4.78 is 18.8. The van der Waals surface area contributed by atoms with E-state index in [9.17, 15) is 9.18 Å². The molecule has 0 saturated carbocycles. The molecule has 166 valence electrons. The molecule has 1 atom stereocenters. The van der Waals surface area contributed by atoms with Crippen molar-refractivity contribution < 1.29 is 13.9 Å². The van der Waals surface area contributed by atoms with Crippen molar-refractivity contribution in [2.45, 2.75) is 38.6 Å². The predicted octanol–water partition coefficient (Wildman–Crippen LogP) is 2.82. The molecule has 7 nitrogen and oxygen atoms in total. The minimum Gasteiger partial charge on any atom is -0.492 e. The average Bonchev–Trinajstić information content (AvgIpc) is 2.77. The number of piperidine rings is 1. The van der Waals surface area contributed by atoms with E-state index in [1.165, 1.54) is 12.1 Å². The summed E-state index contributed by atoms with van der Waals surface area (Å²) in [6.45, 7) is 5.86. The smallest absolute Gasteiger partial charge is 0.219 e. The maximum absolute atomic E-state index is 13.0. The lowest BCUT2D eigenvalue weighted by molar-refractivity contribution is -0.129. The predicted molar refractivity (Wildman–Crippen MR) is 117 cm³/mol. The van der Waals surface area contributed by atoms with Crippen molar-refractivity contribution in [2.75, 3.05) is 45.2 Å². The minimum atomic E-state index is -0.283. The second-order valence-electron chi connectivity index (χ2n) is 8.38. The van der Waals surface area contributed by atoms with Crippen LogP contribution in [0.3, 0.4) is 0 Å². The molecular formula is C23H30FN5O2. The Hall–Kier alpha value is -2.74. The van der Waals surface area contributed by atoms with Gasteiger partial charge in [0.15, 0.2) is 0 Å². The van der Waals surface area contributed by atoms with E-state index in [1.807, 2.05) is 4.90 Å². The molecule has 1 fully saturated rings. The van der Waals surface area contributed by atoms with Crippen molar-refractivity contribution in [2.24, 2.45) is 0 Å². The number of aromatic nitrogens is 2. The highest BCUT2D eigenvalue weighted by atomic mass is 19.1. The number of nitrogens with one attached hydrogen (secondary N) is 1. The lowest BCUT2D eigenvalue weighted by Gasteiger charge is -2.32. The zero-order valence-corrected chi connectivity index (χ0v) is 18.2. The number of nitrogens with zero attached hydrogens (tertiary/aromatic N) is 4. The first-order chi connectivity index (χ1) is 15.0. The van der Waals surface area contributed by atoms with Crippen LogP contribution in [0.4, 0.5) is 10.2 Å². The Balaban J connectivity index is 1.49. The first-order valence-electron chi connectivity index (χ1n) is 11.0. The van der Waals surface area contributed by atoms with Crippen LogP contribution in [0.1, 0.15) is 42.8 Å². The van der Waals surface area contributed by atoms with Gasteiger partial charge in [-0.2, -0.15) is 0 Å². The molecule has 2 aromatic rings. The number of carbonyl (C=O) groups is 1. The Kier molecular flexibility index (Phi) is 6.65. The summed E-state index contributed by atoms with van der Waals surface area (Å²) in [6.07, 6.45) is 2.98. The third-order valence-electron chi connectivity index (χ3n) is 5.99. The number of amides is 1. The van der Waals surface area contributed by atoms with Crippen LogP contribution in [0.2, 0.25) is 0 Å². The minimum absolute atomic E-state index is 0.0641. The fourth-order valence-electron chi connectivity index (χ4n) is 4.28. The Morgan fingerprint density at radius 2 is 2.06 bits per heavy atom. The highest BCUT2D eigenvalue weighted by Crippen LogP contribution is 2.29.